The Morgan fingerprint density at radius 3 is 2.43 bits per heavy atom. The Balaban J connectivity index is 2.35. The Morgan fingerprint density at radius 1 is 1.29 bits per heavy atom. The van der Waals surface area contributed by atoms with Crippen LogP contribution in [0.15, 0.2) is 18.2 Å². The molecule has 0 aliphatic heterocycles. The highest BCUT2D eigenvalue weighted by Gasteiger charge is 2.30. The number of nitrogens with one attached hydrogen (secondary N) is 1. The van der Waals surface area contributed by atoms with Crippen LogP contribution in [0.1, 0.15) is 44.2 Å². The van der Waals surface area contributed by atoms with Gasteiger partial charge in [0, 0.05) is 0 Å². The molecule has 4 nitrogen and oxygen atoms in total. The average Bonchev–Trinajstić information content (AvgIpc) is 2.37. The van der Waals surface area contributed by atoms with Gasteiger partial charge in [0.25, 0.3) is 0 Å². The monoisotopic (exact) mass is 293 g/mol. The Hall–Kier alpha value is -1.55. The van der Waals surface area contributed by atoms with Crippen molar-refractivity contribution < 1.29 is 14.6 Å². The van der Waals surface area contributed by atoms with Crippen LogP contribution in [0.4, 0.5) is 0 Å². The quantitative estimate of drug-likeness (QED) is 0.686. The fraction of sp³-hybridized carbons (Fsp3) is 0.588. The summed E-state index contributed by atoms with van der Waals surface area (Å²) in [4.78, 5) is 11.3. The molecule has 0 aliphatic rings. The fourth-order valence-electron chi connectivity index (χ4n) is 2.41. The third-order valence-electron chi connectivity index (χ3n) is 3.52. The van der Waals surface area contributed by atoms with Crippen molar-refractivity contribution in [3.05, 3.63) is 29.3 Å². The lowest BCUT2D eigenvalue weighted by Crippen LogP contribution is -2.49. The van der Waals surface area contributed by atoms with Crippen LogP contribution in [0.2, 0.25) is 0 Å². The number of carboxylic acid groups (broad SMARTS) is 1. The van der Waals surface area contributed by atoms with Gasteiger partial charge in [-0.3, -0.25) is 4.79 Å². The molecule has 0 fully saturated rings. The lowest BCUT2D eigenvalue weighted by molar-refractivity contribution is -0.144. The Morgan fingerprint density at radius 2 is 1.90 bits per heavy atom. The molecule has 118 valence electrons. The molecule has 0 amide bonds. The summed E-state index contributed by atoms with van der Waals surface area (Å²) >= 11 is 0. The van der Waals surface area contributed by atoms with Crippen LogP contribution >= 0.6 is 0 Å². The van der Waals surface area contributed by atoms with Crippen molar-refractivity contribution in [3.8, 4) is 5.75 Å². The van der Waals surface area contributed by atoms with Gasteiger partial charge in [-0.15, -0.1) is 0 Å². The van der Waals surface area contributed by atoms with Gasteiger partial charge in [-0.1, -0.05) is 19.4 Å². The van der Waals surface area contributed by atoms with Gasteiger partial charge in [-0.25, -0.2) is 0 Å². The van der Waals surface area contributed by atoms with Crippen molar-refractivity contribution >= 4 is 5.97 Å². The Kier molecular flexibility index (Phi) is 6.69. The standard InChI is InChI=1S/C17H27NO3/c1-5-7-17(4,16(19)20)18-8-6-9-21-15-11-13(2)10-14(3)12-15/h10-12,18H,5-9H2,1-4H3,(H,19,20). The lowest BCUT2D eigenvalue weighted by atomic mass is 9.96. The first-order valence-corrected chi connectivity index (χ1v) is 7.57. The van der Waals surface area contributed by atoms with Gasteiger partial charge in [-0.2, -0.15) is 0 Å². The number of benzene rings is 1. The van der Waals surface area contributed by atoms with Crippen LogP contribution in [0, 0.1) is 13.8 Å². The van der Waals surface area contributed by atoms with E-state index in [1.807, 2.05) is 32.9 Å². The summed E-state index contributed by atoms with van der Waals surface area (Å²) in [5, 5.41) is 12.4. The number of hydrogen-bond donors (Lipinski definition) is 2. The number of aliphatic carboxylic acids is 1. The number of aryl methyl sites for hydroxylation is 2. The molecule has 21 heavy (non-hydrogen) atoms. The Labute approximate surface area is 127 Å². The summed E-state index contributed by atoms with van der Waals surface area (Å²) in [5.74, 6) is 0.0848. The second-order valence-corrected chi connectivity index (χ2v) is 5.84. The van der Waals surface area contributed by atoms with Crippen LogP contribution in [0.3, 0.4) is 0 Å². The smallest absolute Gasteiger partial charge is 0.323 e. The molecule has 0 aliphatic carbocycles. The summed E-state index contributed by atoms with van der Waals surface area (Å²) in [6, 6.07) is 6.13. The Bertz CT molecular complexity index is 453. The molecule has 0 saturated carbocycles. The number of ether oxygens (including phenoxy) is 1. The molecule has 1 aromatic carbocycles. The maximum Gasteiger partial charge on any atom is 0.323 e. The molecule has 0 spiro atoms. The van der Waals surface area contributed by atoms with Gasteiger partial charge in [0.2, 0.25) is 0 Å². The normalized spacial score (nSPS) is 13.7. The summed E-state index contributed by atoms with van der Waals surface area (Å²) in [7, 11) is 0. The predicted molar refractivity (Wildman–Crippen MR) is 85.0 cm³/mol. The molecule has 1 atom stereocenters. The van der Waals surface area contributed by atoms with Crippen molar-refractivity contribution in [1.82, 2.24) is 5.32 Å². The van der Waals surface area contributed by atoms with Crippen LogP contribution in [0.5, 0.6) is 5.75 Å². The predicted octanol–water partition coefficient (Wildman–Crippen LogP) is 3.31. The maximum absolute atomic E-state index is 11.3. The van der Waals surface area contributed by atoms with Crippen molar-refractivity contribution in [1.29, 1.82) is 0 Å². The molecule has 0 saturated heterocycles. The largest absolute Gasteiger partial charge is 0.494 e. The maximum atomic E-state index is 11.3. The minimum Gasteiger partial charge on any atom is -0.494 e. The topological polar surface area (TPSA) is 58.6 Å². The van der Waals surface area contributed by atoms with Crippen molar-refractivity contribution in [2.24, 2.45) is 0 Å². The molecule has 2 N–H and O–H groups in total. The summed E-state index contributed by atoms with van der Waals surface area (Å²) in [6.45, 7) is 9.04. The van der Waals surface area contributed by atoms with Crippen LogP contribution in [-0.2, 0) is 4.79 Å². The number of rotatable bonds is 9. The zero-order valence-corrected chi connectivity index (χ0v) is 13.5. The zero-order chi connectivity index (χ0) is 15.9. The first-order chi connectivity index (χ1) is 9.87. The molecule has 1 aromatic rings. The highest BCUT2D eigenvalue weighted by Crippen LogP contribution is 2.16. The van der Waals surface area contributed by atoms with Gasteiger partial charge in [0.05, 0.1) is 6.61 Å². The van der Waals surface area contributed by atoms with Crippen molar-refractivity contribution in [2.45, 2.75) is 52.5 Å². The number of carboxylic acids is 1. The van der Waals surface area contributed by atoms with Crippen LogP contribution < -0.4 is 10.1 Å². The second-order valence-electron chi connectivity index (χ2n) is 5.84. The summed E-state index contributed by atoms with van der Waals surface area (Å²) in [5.41, 5.74) is 1.53. The third kappa shape index (κ3) is 5.76. The first-order valence-electron chi connectivity index (χ1n) is 7.57. The zero-order valence-electron chi connectivity index (χ0n) is 13.5. The average molecular weight is 293 g/mol. The molecule has 0 aromatic heterocycles. The number of carbonyl (C=O) groups is 1. The van der Waals surface area contributed by atoms with E-state index >= 15 is 0 Å². The highest BCUT2D eigenvalue weighted by atomic mass is 16.5. The van der Waals surface area contributed by atoms with Gasteiger partial charge in [0.1, 0.15) is 11.3 Å². The van der Waals surface area contributed by atoms with Crippen LogP contribution in [-0.4, -0.2) is 29.8 Å². The van der Waals surface area contributed by atoms with Crippen LogP contribution in [0.25, 0.3) is 0 Å². The minimum absolute atomic E-state index is 0.581. The summed E-state index contributed by atoms with van der Waals surface area (Å²) < 4.78 is 5.72. The van der Waals surface area contributed by atoms with E-state index in [1.54, 1.807) is 6.92 Å². The summed E-state index contributed by atoms with van der Waals surface area (Å²) in [6.07, 6.45) is 2.24. The molecule has 0 heterocycles. The fourth-order valence-corrected chi connectivity index (χ4v) is 2.41. The van der Waals surface area contributed by atoms with E-state index in [0.29, 0.717) is 19.6 Å². The molecule has 0 bridgehead atoms. The second kappa shape index (κ2) is 8.03. The van der Waals surface area contributed by atoms with E-state index in [4.69, 9.17) is 4.74 Å². The van der Waals surface area contributed by atoms with Gasteiger partial charge in [0.15, 0.2) is 0 Å². The van der Waals surface area contributed by atoms with Gasteiger partial charge in [-0.05, 0) is 63.4 Å². The van der Waals surface area contributed by atoms with Crippen molar-refractivity contribution in [3.63, 3.8) is 0 Å². The molecular formula is C17H27NO3. The molecule has 4 heteroatoms. The van der Waals surface area contributed by atoms with Gasteiger partial charge >= 0.3 is 5.97 Å². The molecule has 1 unspecified atom stereocenters. The van der Waals surface area contributed by atoms with Gasteiger partial charge < -0.3 is 15.2 Å². The first kappa shape index (κ1) is 17.5. The molecule has 0 radical (unpaired) electrons. The van der Waals surface area contributed by atoms with E-state index in [0.717, 1.165) is 18.6 Å². The lowest BCUT2D eigenvalue weighted by Gasteiger charge is -2.25. The van der Waals surface area contributed by atoms with E-state index in [1.165, 1.54) is 11.1 Å². The van der Waals surface area contributed by atoms with E-state index in [9.17, 15) is 9.90 Å². The van der Waals surface area contributed by atoms with E-state index in [-0.39, 0.29) is 0 Å². The molecule has 1 rings (SSSR count). The minimum atomic E-state index is -0.839. The van der Waals surface area contributed by atoms with E-state index < -0.39 is 11.5 Å². The number of hydrogen-bond acceptors (Lipinski definition) is 3. The third-order valence-corrected chi connectivity index (χ3v) is 3.52. The SMILES string of the molecule is CCCC(C)(NCCCOc1cc(C)cc(C)c1)C(=O)O. The van der Waals surface area contributed by atoms with E-state index in [2.05, 4.69) is 11.4 Å². The molecular weight excluding hydrogens is 266 g/mol. The van der Waals surface area contributed by atoms with Crippen molar-refractivity contribution in [2.75, 3.05) is 13.2 Å². The highest BCUT2D eigenvalue weighted by molar-refractivity contribution is 5.78.